The molecule has 1 aromatic carbocycles. The average molecular weight is 263 g/mol. The minimum absolute atomic E-state index is 0.133. The molecule has 3 heteroatoms. The van der Waals surface area contributed by atoms with E-state index in [-0.39, 0.29) is 11.7 Å². The molecule has 1 aliphatic carbocycles. The van der Waals surface area contributed by atoms with E-state index in [1.165, 1.54) is 11.3 Å². The van der Waals surface area contributed by atoms with Gasteiger partial charge in [-0.2, -0.15) is 0 Å². The van der Waals surface area contributed by atoms with Crippen LogP contribution in [0.25, 0.3) is 0 Å². The van der Waals surface area contributed by atoms with Gasteiger partial charge in [-0.1, -0.05) is 35.9 Å². The number of hydrogen-bond acceptors (Lipinski definition) is 2. The molecule has 0 bridgehead atoms. The summed E-state index contributed by atoms with van der Waals surface area (Å²) in [4.78, 5) is 13.0. The van der Waals surface area contributed by atoms with Gasteiger partial charge in [-0.25, -0.2) is 0 Å². The molecule has 0 N–H and O–H groups in total. The van der Waals surface area contributed by atoms with Crippen molar-refractivity contribution in [1.29, 1.82) is 0 Å². The van der Waals surface area contributed by atoms with Crippen molar-refractivity contribution < 1.29 is 4.79 Å². The molecule has 1 fully saturated rings. The van der Waals surface area contributed by atoms with Gasteiger partial charge in [0.1, 0.15) is 0 Å². The summed E-state index contributed by atoms with van der Waals surface area (Å²) < 4.78 is 0. The first-order valence-electron chi connectivity index (χ1n) is 5.59. The van der Waals surface area contributed by atoms with E-state index in [4.69, 9.17) is 11.6 Å². The predicted molar refractivity (Wildman–Crippen MR) is 70.9 cm³/mol. The van der Waals surface area contributed by atoms with Crippen LogP contribution in [0.1, 0.15) is 27.6 Å². The van der Waals surface area contributed by atoms with E-state index in [1.807, 2.05) is 41.8 Å². The standard InChI is InChI=1S/C14H11ClOS/c15-12-5-2-1-4-9(12)10-8-11(10)14(16)13-6-3-7-17-13/h1-7,10-11H,8H2. The molecule has 1 nitrogen and oxygen atoms in total. The van der Waals surface area contributed by atoms with Crippen molar-refractivity contribution in [1.82, 2.24) is 0 Å². The lowest BCUT2D eigenvalue weighted by Gasteiger charge is -2.02. The third-order valence-electron chi connectivity index (χ3n) is 3.20. The lowest BCUT2D eigenvalue weighted by molar-refractivity contribution is 0.0969. The number of Topliss-reactive ketones (excluding diaryl/α,β-unsaturated/α-hetero) is 1. The first kappa shape index (κ1) is 11.0. The second-order valence-corrected chi connectivity index (χ2v) is 5.67. The summed E-state index contributed by atoms with van der Waals surface area (Å²) in [6, 6.07) is 11.6. The minimum atomic E-state index is 0.133. The predicted octanol–water partition coefficient (Wildman–Crippen LogP) is 4.39. The van der Waals surface area contributed by atoms with Crippen LogP contribution in [0.4, 0.5) is 0 Å². The Labute approximate surface area is 109 Å². The third-order valence-corrected chi connectivity index (χ3v) is 4.42. The second kappa shape index (κ2) is 4.28. The normalized spacial score (nSPS) is 22.4. The van der Waals surface area contributed by atoms with Gasteiger partial charge in [-0.05, 0) is 35.4 Å². The summed E-state index contributed by atoms with van der Waals surface area (Å²) in [5, 5.41) is 2.72. The number of halogens is 1. The number of rotatable bonds is 3. The molecule has 17 heavy (non-hydrogen) atoms. The van der Waals surface area contributed by atoms with Crippen LogP contribution in [0.15, 0.2) is 41.8 Å². The highest BCUT2D eigenvalue weighted by Crippen LogP contribution is 2.51. The van der Waals surface area contributed by atoms with Crippen LogP contribution >= 0.6 is 22.9 Å². The maximum Gasteiger partial charge on any atom is 0.176 e. The third kappa shape index (κ3) is 2.03. The van der Waals surface area contributed by atoms with Gasteiger partial charge in [0.2, 0.25) is 0 Å². The number of benzene rings is 1. The Morgan fingerprint density at radius 1 is 1.24 bits per heavy atom. The molecule has 2 unspecified atom stereocenters. The van der Waals surface area contributed by atoms with Crippen molar-refractivity contribution in [2.45, 2.75) is 12.3 Å². The van der Waals surface area contributed by atoms with Gasteiger partial charge >= 0.3 is 0 Å². The average Bonchev–Trinajstić information content (AvgIpc) is 2.93. The largest absolute Gasteiger partial charge is 0.293 e. The van der Waals surface area contributed by atoms with Gasteiger partial charge in [0.15, 0.2) is 5.78 Å². The fraction of sp³-hybridized carbons (Fsp3) is 0.214. The Bertz CT molecular complexity index is 547. The van der Waals surface area contributed by atoms with Crippen molar-refractivity contribution in [2.24, 2.45) is 5.92 Å². The van der Waals surface area contributed by atoms with Crippen LogP contribution in [0, 0.1) is 5.92 Å². The van der Waals surface area contributed by atoms with Crippen LogP contribution in [0.2, 0.25) is 5.02 Å². The zero-order chi connectivity index (χ0) is 11.8. The Balaban J connectivity index is 1.79. The number of carbonyl (C=O) groups is 1. The van der Waals surface area contributed by atoms with Crippen molar-refractivity contribution in [3.05, 3.63) is 57.2 Å². The summed E-state index contributed by atoms with van der Waals surface area (Å²) in [7, 11) is 0. The molecular weight excluding hydrogens is 252 g/mol. The Morgan fingerprint density at radius 2 is 2.06 bits per heavy atom. The topological polar surface area (TPSA) is 17.1 Å². The first-order valence-corrected chi connectivity index (χ1v) is 6.85. The Hall–Kier alpha value is -1.12. The van der Waals surface area contributed by atoms with E-state index in [1.54, 1.807) is 0 Å². The molecule has 0 radical (unpaired) electrons. The number of thiophene rings is 1. The Kier molecular flexibility index (Phi) is 2.77. The fourth-order valence-corrected chi connectivity index (χ4v) is 3.21. The first-order chi connectivity index (χ1) is 8.27. The van der Waals surface area contributed by atoms with E-state index >= 15 is 0 Å². The summed E-state index contributed by atoms with van der Waals surface area (Å²) in [5.74, 6) is 0.719. The summed E-state index contributed by atoms with van der Waals surface area (Å²) >= 11 is 7.66. The molecule has 0 aliphatic heterocycles. The number of ketones is 1. The quantitative estimate of drug-likeness (QED) is 0.750. The smallest absolute Gasteiger partial charge is 0.176 e. The van der Waals surface area contributed by atoms with Crippen molar-refractivity contribution >= 4 is 28.7 Å². The van der Waals surface area contributed by atoms with Crippen molar-refractivity contribution in [2.75, 3.05) is 0 Å². The highest BCUT2D eigenvalue weighted by Gasteiger charge is 2.45. The van der Waals surface area contributed by atoms with E-state index in [9.17, 15) is 4.79 Å². The number of hydrogen-bond donors (Lipinski definition) is 0. The van der Waals surface area contributed by atoms with Gasteiger partial charge in [-0.15, -0.1) is 11.3 Å². The molecular formula is C14H11ClOS. The van der Waals surface area contributed by atoms with Gasteiger partial charge in [0.25, 0.3) is 0 Å². The SMILES string of the molecule is O=C(c1cccs1)C1CC1c1ccccc1Cl. The lowest BCUT2D eigenvalue weighted by atomic mass is 10.1. The van der Waals surface area contributed by atoms with Crippen LogP contribution in [-0.4, -0.2) is 5.78 Å². The molecule has 3 rings (SSSR count). The van der Waals surface area contributed by atoms with E-state index < -0.39 is 0 Å². The highest BCUT2D eigenvalue weighted by molar-refractivity contribution is 7.12. The van der Waals surface area contributed by atoms with Gasteiger partial charge < -0.3 is 0 Å². The van der Waals surface area contributed by atoms with E-state index in [0.717, 1.165) is 21.9 Å². The van der Waals surface area contributed by atoms with Crippen LogP contribution in [-0.2, 0) is 0 Å². The summed E-state index contributed by atoms with van der Waals surface area (Å²) in [6.07, 6.45) is 0.931. The summed E-state index contributed by atoms with van der Waals surface area (Å²) in [6.45, 7) is 0. The zero-order valence-electron chi connectivity index (χ0n) is 9.10. The molecule has 86 valence electrons. The monoisotopic (exact) mass is 262 g/mol. The fourth-order valence-electron chi connectivity index (χ4n) is 2.21. The van der Waals surface area contributed by atoms with E-state index in [2.05, 4.69) is 0 Å². The second-order valence-electron chi connectivity index (χ2n) is 4.31. The molecule has 1 heterocycles. The van der Waals surface area contributed by atoms with Gasteiger partial charge in [0, 0.05) is 10.9 Å². The molecule has 2 aromatic rings. The maximum atomic E-state index is 12.1. The lowest BCUT2D eigenvalue weighted by Crippen LogP contribution is -2.00. The maximum absolute atomic E-state index is 12.1. The van der Waals surface area contributed by atoms with Gasteiger partial charge in [0.05, 0.1) is 4.88 Å². The number of carbonyl (C=O) groups excluding carboxylic acids is 1. The molecule has 0 amide bonds. The summed E-state index contributed by atoms with van der Waals surface area (Å²) in [5.41, 5.74) is 1.11. The van der Waals surface area contributed by atoms with Gasteiger partial charge in [-0.3, -0.25) is 4.79 Å². The van der Waals surface area contributed by atoms with Crippen LogP contribution in [0.3, 0.4) is 0 Å². The molecule has 1 aromatic heterocycles. The molecule has 0 saturated heterocycles. The van der Waals surface area contributed by atoms with E-state index in [0.29, 0.717) is 5.92 Å². The molecule has 1 saturated carbocycles. The molecule has 1 aliphatic rings. The molecule has 2 atom stereocenters. The highest BCUT2D eigenvalue weighted by atomic mass is 35.5. The van der Waals surface area contributed by atoms with Crippen molar-refractivity contribution in [3.63, 3.8) is 0 Å². The Morgan fingerprint density at radius 3 is 2.76 bits per heavy atom. The van der Waals surface area contributed by atoms with Crippen LogP contribution in [0.5, 0.6) is 0 Å². The minimum Gasteiger partial charge on any atom is -0.293 e. The van der Waals surface area contributed by atoms with Crippen molar-refractivity contribution in [3.8, 4) is 0 Å². The zero-order valence-corrected chi connectivity index (χ0v) is 10.7. The van der Waals surface area contributed by atoms with Crippen LogP contribution < -0.4 is 0 Å². The molecule has 0 spiro atoms.